The zero-order valence-corrected chi connectivity index (χ0v) is 8.36. The molecule has 16 heavy (non-hydrogen) atoms. The molecule has 1 rings (SSSR count). The minimum absolute atomic E-state index is 0.0683. The topological polar surface area (TPSA) is 72.2 Å². The predicted octanol–water partition coefficient (Wildman–Crippen LogP) is 1.67. The first-order valence-corrected chi connectivity index (χ1v) is 5.26. The van der Waals surface area contributed by atoms with Gasteiger partial charge in [0.05, 0.1) is 5.69 Å². The molecule has 9 heteroatoms. The quantitative estimate of drug-likeness (QED) is 0.626. The molecular weight excluding hydrogens is 252 g/mol. The lowest BCUT2D eigenvalue weighted by Crippen LogP contribution is -2.30. The maximum Gasteiger partial charge on any atom is 0.516 e. The van der Waals surface area contributed by atoms with Crippen LogP contribution < -0.4 is 10.5 Å². The van der Waals surface area contributed by atoms with Gasteiger partial charge in [0.1, 0.15) is 5.82 Å². The van der Waals surface area contributed by atoms with Crippen LogP contribution in [0.5, 0.6) is 0 Å². The molecule has 0 aliphatic rings. The number of nitrogens with one attached hydrogen (secondary N) is 1. The molecule has 0 saturated carbocycles. The number of anilines is 2. The van der Waals surface area contributed by atoms with E-state index in [1.807, 2.05) is 0 Å². The van der Waals surface area contributed by atoms with Crippen LogP contribution in [-0.4, -0.2) is 13.9 Å². The Hall–Kier alpha value is -1.51. The average molecular weight is 258 g/mol. The summed E-state index contributed by atoms with van der Waals surface area (Å²) in [5.41, 5.74) is -1.26. The summed E-state index contributed by atoms with van der Waals surface area (Å²) in [5.74, 6) is -1.15. The highest BCUT2D eigenvalue weighted by Crippen LogP contribution is 2.27. The normalized spacial score (nSPS) is 12.5. The third-order valence-corrected chi connectivity index (χ3v) is 2.64. The number of benzene rings is 1. The summed E-state index contributed by atoms with van der Waals surface area (Å²) < 4.78 is 71.1. The first-order chi connectivity index (χ1) is 7.13. The molecule has 1 aromatic carbocycles. The van der Waals surface area contributed by atoms with E-state index in [9.17, 15) is 26.0 Å². The molecule has 0 fully saturated rings. The van der Waals surface area contributed by atoms with E-state index in [4.69, 9.17) is 5.73 Å². The fraction of sp³-hybridized carbons (Fsp3) is 0.143. The first-order valence-electron chi connectivity index (χ1n) is 3.77. The van der Waals surface area contributed by atoms with E-state index in [0.717, 1.165) is 22.9 Å². The molecule has 3 N–H and O–H groups in total. The van der Waals surface area contributed by atoms with Crippen LogP contribution in [0.15, 0.2) is 18.2 Å². The molecule has 0 bridgehead atoms. The van der Waals surface area contributed by atoms with Gasteiger partial charge in [0, 0.05) is 5.69 Å². The van der Waals surface area contributed by atoms with Crippen molar-refractivity contribution in [2.24, 2.45) is 0 Å². The molecule has 0 atom stereocenters. The summed E-state index contributed by atoms with van der Waals surface area (Å²) >= 11 is 0. The SMILES string of the molecule is Nc1ccc(F)c(NS(=O)(=O)C(F)(F)F)c1. The average Bonchev–Trinajstić information content (AvgIpc) is 2.09. The zero-order valence-electron chi connectivity index (χ0n) is 7.55. The third-order valence-electron chi connectivity index (χ3n) is 1.54. The van der Waals surface area contributed by atoms with Crippen molar-refractivity contribution < 1.29 is 26.0 Å². The molecule has 0 unspecified atom stereocenters. The van der Waals surface area contributed by atoms with Crippen LogP contribution in [-0.2, 0) is 10.0 Å². The van der Waals surface area contributed by atoms with Gasteiger partial charge in [-0.25, -0.2) is 4.39 Å². The number of sulfonamides is 1. The van der Waals surface area contributed by atoms with E-state index in [1.165, 1.54) is 0 Å². The number of nitrogens with two attached hydrogens (primary N) is 1. The Morgan fingerprint density at radius 3 is 2.31 bits per heavy atom. The van der Waals surface area contributed by atoms with Crippen LogP contribution >= 0.6 is 0 Å². The number of hydrogen-bond donors (Lipinski definition) is 2. The Balaban J connectivity index is 3.11. The second-order valence-corrected chi connectivity index (χ2v) is 4.46. The number of nitrogen functional groups attached to an aromatic ring is 1. The highest BCUT2D eigenvalue weighted by atomic mass is 32.2. The molecule has 0 heterocycles. The summed E-state index contributed by atoms with van der Waals surface area (Å²) in [6.45, 7) is 0. The fourth-order valence-corrected chi connectivity index (χ4v) is 1.39. The van der Waals surface area contributed by atoms with Crippen LogP contribution in [0.4, 0.5) is 28.9 Å². The maximum atomic E-state index is 12.9. The fourth-order valence-electron chi connectivity index (χ4n) is 0.824. The summed E-state index contributed by atoms with van der Waals surface area (Å²) in [6.07, 6.45) is 0. The van der Waals surface area contributed by atoms with Gasteiger partial charge in [-0.15, -0.1) is 0 Å². The molecule has 0 spiro atoms. The molecule has 0 aliphatic heterocycles. The molecule has 0 amide bonds. The highest BCUT2D eigenvalue weighted by Gasteiger charge is 2.46. The lowest BCUT2D eigenvalue weighted by molar-refractivity contribution is -0.0429. The lowest BCUT2D eigenvalue weighted by atomic mass is 10.3. The van der Waals surface area contributed by atoms with E-state index >= 15 is 0 Å². The number of halogens is 4. The lowest BCUT2D eigenvalue weighted by Gasteiger charge is -2.11. The van der Waals surface area contributed by atoms with Gasteiger partial charge in [-0.3, -0.25) is 4.72 Å². The smallest absolute Gasteiger partial charge is 0.399 e. The van der Waals surface area contributed by atoms with Gasteiger partial charge >= 0.3 is 15.5 Å². The van der Waals surface area contributed by atoms with E-state index < -0.39 is 27.0 Å². The zero-order chi connectivity index (χ0) is 12.6. The van der Waals surface area contributed by atoms with Gasteiger partial charge in [0.15, 0.2) is 0 Å². The molecule has 0 saturated heterocycles. The Bertz CT molecular complexity index is 498. The molecule has 1 aromatic rings. The number of alkyl halides is 3. The Morgan fingerprint density at radius 2 is 1.81 bits per heavy atom. The molecular formula is C7H6F4N2O2S. The standard InChI is InChI=1S/C7H6F4N2O2S/c8-5-2-1-4(12)3-6(5)13-16(14,15)7(9,10)11/h1-3,13H,12H2. The van der Waals surface area contributed by atoms with Gasteiger partial charge in [0.25, 0.3) is 0 Å². The van der Waals surface area contributed by atoms with Crippen LogP contribution in [0.3, 0.4) is 0 Å². The molecule has 0 aromatic heterocycles. The van der Waals surface area contributed by atoms with Crippen molar-refractivity contribution in [3.05, 3.63) is 24.0 Å². The summed E-state index contributed by atoms with van der Waals surface area (Å²) in [6, 6.07) is 2.59. The monoisotopic (exact) mass is 258 g/mol. The van der Waals surface area contributed by atoms with E-state index in [2.05, 4.69) is 0 Å². The largest absolute Gasteiger partial charge is 0.516 e. The predicted molar refractivity (Wildman–Crippen MR) is 49.4 cm³/mol. The second kappa shape index (κ2) is 3.81. The van der Waals surface area contributed by atoms with Gasteiger partial charge in [-0.2, -0.15) is 21.6 Å². The minimum Gasteiger partial charge on any atom is -0.399 e. The van der Waals surface area contributed by atoms with Crippen molar-refractivity contribution in [2.75, 3.05) is 10.5 Å². The van der Waals surface area contributed by atoms with Crippen LogP contribution in [0.1, 0.15) is 0 Å². The van der Waals surface area contributed by atoms with Gasteiger partial charge < -0.3 is 5.73 Å². The van der Waals surface area contributed by atoms with Gasteiger partial charge in [-0.05, 0) is 18.2 Å². The Kier molecular flexibility index (Phi) is 2.99. The van der Waals surface area contributed by atoms with Crippen LogP contribution in [0.25, 0.3) is 0 Å². The van der Waals surface area contributed by atoms with Crippen LogP contribution in [0, 0.1) is 5.82 Å². The summed E-state index contributed by atoms with van der Waals surface area (Å²) in [4.78, 5) is 0. The van der Waals surface area contributed by atoms with Crippen molar-refractivity contribution in [2.45, 2.75) is 5.51 Å². The Morgan fingerprint density at radius 1 is 1.25 bits per heavy atom. The third kappa shape index (κ3) is 2.54. The number of rotatable bonds is 2. The van der Waals surface area contributed by atoms with Crippen molar-refractivity contribution >= 4 is 21.4 Å². The number of hydrogen-bond acceptors (Lipinski definition) is 3. The van der Waals surface area contributed by atoms with Crippen molar-refractivity contribution in [1.82, 2.24) is 0 Å². The van der Waals surface area contributed by atoms with Crippen molar-refractivity contribution in [3.63, 3.8) is 0 Å². The van der Waals surface area contributed by atoms with Crippen molar-refractivity contribution in [3.8, 4) is 0 Å². The van der Waals surface area contributed by atoms with Crippen LogP contribution in [0.2, 0.25) is 0 Å². The Labute approximate surface area is 88.1 Å². The molecule has 90 valence electrons. The first kappa shape index (κ1) is 12.6. The molecule has 0 radical (unpaired) electrons. The molecule has 0 aliphatic carbocycles. The molecule has 4 nitrogen and oxygen atoms in total. The van der Waals surface area contributed by atoms with Gasteiger partial charge in [0.2, 0.25) is 0 Å². The minimum atomic E-state index is -5.64. The highest BCUT2D eigenvalue weighted by molar-refractivity contribution is 7.93. The van der Waals surface area contributed by atoms with E-state index in [0.29, 0.717) is 0 Å². The summed E-state index contributed by atoms with van der Waals surface area (Å²) in [7, 11) is -5.64. The van der Waals surface area contributed by atoms with E-state index in [-0.39, 0.29) is 5.69 Å². The van der Waals surface area contributed by atoms with Gasteiger partial charge in [-0.1, -0.05) is 0 Å². The summed E-state index contributed by atoms with van der Waals surface area (Å²) in [5, 5.41) is 0. The maximum absolute atomic E-state index is 12.9. The van der Waals surface area contributed by atoms with Crippen molar-refractivity contribution in [1.29, 1.82) is 0 Å². The van der Waals surface area contributed by atoms with E-state index in [1.54, 1.807) is 0 Å². The second-order valence-electron chi connectivity index (χ2n) is 2.79.